The summed E-state index contributed by atoms with van der Waals surface area (Å²) in [6, 6.07) is 7.24. The third-order valence-electron chi connectivity index (χ3n) is 3.15. The number of rotatable bonds is 3. The first kappa shape index (κ1) is 13.5. The molecule has 6 heteroatoms. The largest absolute Gasteiger partial charge is 0.496 e. The molecule has 0 atom stereocenters. The van der Waals surface area contributed by atoms with E-state index in [0.29, 0.717) is 11.3 Å². The third-order valence-corrected chi connectivity index (χ3v) is 4.05. The highest BCUT2D eigenvalue weighted by atomic mass is 32.1. The van der Waals surface area contributed by atoms with Gasteiger partial charge in [-0.2, -0.15) is 0 Å². The molecule has 0 saturated heterocycles. The number of nitrogens with zero attached hydrogens (tertiary/aromatic N) is 2. The number of carbonyl (C=O) groups excluding carboxylic acids is 1. The number of primary amides is 1. The van der Waals surface area contributed by atoms with Crippen LogP contribution in [0.2, 0.25) is 0 Å². The molecule has 0 fully saturated rings. The average molecular weight is 299 g/mol. The first-order valence-electron chi connectivity index (χ1n) is 6.30. The molecule has 0 bridgehead atoms. The van der Waals surface area contributed by atoms with Crippen molar-refractivity contribution in [1.29, 1.82) is 0 Å². The van der Waals surface area contributed by atoms with Gasteiger partial charge < -0.3 is 10.5 Å². The molecular formula is C15H13N3O2S. The highest BCUT2D eigenvalue weighted by molar-refractivity contribution is 7.18. The molecule has 0 saturated carbocycles. The van der Waals surface area contributed by atoms with Gasteiger partial charge in [0, 0.05) is 11.8 Å². The van der Waals surface area contributed by atoms with Crippen LogP contribution in [0.25, 0.3) is 21.5 Å². The molecule has 1 amide bonds. The van der Waals surface area contributed by atoms with E-state index in [1.165, 1.54) is 7.11 Å². The van der Waals surface area contributed by atoms with Gasteiger partial charge in [-0.25, -0.2) is 9.97 Å². The topological polar surface area (TPSA) is 78.1 Å². The molecule has 2 aromatic heterocycles. The molecule has 3 rings (SSSR count). The minimum atomic E-state index is -0.512. The number of nitrogens with two attached hydrogens (primary N) is 1. The second-order valence-corrected chi connectivity index (χ2v) is 5.74. The minimum absolute atomic E-state index is 0.361. The lowest BCUT2D eigenvalue weighted by Crippen LogP contribution is -2.12. The van der Waals surface area contributed by atoms with Crippen LogP contribution in [0.1, 0.15) is 15.4 Å². The molecule has 0 radical (unpaired) electrons. The van der Waals surface area contributed by atoms with Crippen LogP contribution in [0.3, 0.4) is 0 Å². The Hall–Kier alpha value is -2.47. The van der Waals surface area contributed by atoms with Crippen LogP contribution in [-0.2, 0) is 0 Å². The molecule has 0 aliphatic carbocycles. The van der Waals surface area contributed by atoms with Crippen molar-refractivity contribution < 1.29 is 9.53 Å². The zero-order valence-corrected chi connectivity index (χ0v) is 12.4. The standard InChI is InChI=1S/C15H13N3O2S/c1-8-18-12-5-10(7-17-15(12)21-8)9-3-4-11(14(16)19)13(6-9)20-2/h3-7H,1-2H3,(H2,16,19). The highest BCUT2D eigenvalue weighted by Gasteiger charge is 2.11. The number of thiazole rings is 1. The first-order valence-corrected chi connectivity index (χ1v) is 7.11. The predicted octanol–water partition coefficient (Wildman–Crippen LogP) is 2.77. The molecule has 106 valence electrons. The maximum atomic E-state index is 11.3. The zero-order chi connectivity index (χ0) is 15.0. The van der Waals surface area contributed by atoms with E-state index in [0.717, 1.165) is 26.5 Å². The van der Waals surface area contributed by atoms with Gasteiger partial charge in [-0.05, 0) is 30.7 Å². The lowest BCUT2D eigenvalue weighted by molar-refractivity contribution is 0.0997. The summed E-state index contributed by atoms with van der Waals surface area (Å²) in [5.74, 6) is -0.0586. The Morgan fingerprint density at radius 3 is 2.81 bits per heavy atom. The SMILES string of the molecule is COc1cc(-c2cnc3sc(C)nc3c2)ccc1C(N)=O. The number of benzene rings is 1. The summed E-state index contributed by atoms with van der Waals surface area (Å²) >= 11 is 1.56. The molecular weight excluding hydrogens is 286 g/mol. The molecule has 0 unspecified atom stereocenters. The summed E-state index contributed by atoms with van der Waals surface area (Å²) in [6.45, 7) is 1.96. The highest BCUT2D eigenvalue weighted by Crippen LogP contribution is 2.29. The fourth-order valence-corrected chi connectivity index (χ4v) is 2.90. The number of aromatic nitrogens is 2. The van der Waals surface area contributed by atoms with E-state index >= 15 is 0 Å². The molecule has 2 N–H and O–H groups in total. The normalized spacial score (nSPS) is 10.8. The number of carbonyl (C=O) groups is 1. The van der Waals surface area contributed by atoms with Gasteiger partial charge in [-0.1, -0.05) is 17.4 Å². The van der Waals surface area contributed by atoms with E-state index in [1.54, 1.807) is 29.7 Å². The molecule has 2 heterocycles. The van der Waals surface area contributed by atoms with Crippen molar-refractivity contribution in [2.24, 2.45) is 5.73 Å². The Morgan fingerprint density at radius 1 is 1.29 bits per heavy atom. The average Bonchev–Trinajstić information content (AvgIpc) is 2.85. The number of pyridine rings is 1. The summed E-state index contributed by atoms with van der Waals surface area (Å²) < 4.78 is 5.23. The lowest BCUT2D eigenvalue weighted by atomic mass is 10.0. The number of hydrogen-bond donors (Lipinski definition) is 1. The maximum absolute atomic E-state index is 11.3. The van der Waals surface area contributed by atoms with Crippen molar-refractivity contribution in [3.8, 4) is 16.9 Å². The second-order valence-electron chi connectivity index (χ2n) is 4.56. The predicted molar refractivity (Wildman–Crippen MR) is 82.7 cm³/mol. The van der Waals surface area contributed by atoms with Crippen LogP contribution >= 0.6 is 11.3 Å². The Labute approximate surface area is 125 Å². The Bertz CT molecular complexity index is 842. The van der Waals surface area contributed by atoms with Crippen LogP contribution in [0, 0.1) is 6.92 Å². The molecule has 0 spiro atoms. The molecule has 0 aliphatic heterocycles. The van der Waals surface area contributed by atoms with E-state index < -0.39 is 5.91 Å². The van der Waals surface area contributed by atoms with Gasteiger partial charge >= 0.3 is 0 Å². The maximum Gasteiger partial charge on any atom is 0.252 e. The summed E-state index contributed by atoms with van der Waals surface area (Å²) in [5.41, 5.74) is 8.36. The minimum Gasteiger partial charge on any atom is -0.496 e. The molecule has 1 aromatic carbocycles. The summed E-state index contributed by atoms with van der Waals surface area (Å²) in [7, 11) is 1.51. The van der Waals surface area contributed by atoms with E-state index in [4.69, 9.17) is 10.5 Å². The summed E-state index contributed by atoms with van der Waals surface area (Å²) in [6.07, 6.45) is 1.79. The third kappa shape index (κ3) is 2.45. The van der Waals surface area contributed by atoms with Gasteiger partial charge in [0.25, 0.3) is 5.91 Å². The van der Waals surface area contributed by atoms with Crippen molar-refractivity contribution in [1.82, 2.24) is 9.97 Å². The van der Waals surface area contributed by atoms with Gasteiger partial charge in [-0.3, -0.25) is 4.79 Å². The second kappa shape index (κ2) is 5.14. The van der Waals surface area contributed by atoms with E-state index in [2.05, 4.69) is 9.97 Å². The first-order chi connectivity index (χ1) is 10.1. The van der Waals surface area contributed by atoms with E-state index in [9.17, 15) is 4.79 Å². The monoisotopic (exact) mass is 299 g/mol. The lowest BCUT2D eigenvalue weighted by Gasteiger charge is -2.08. The zero-order valence-electron chi connectivity index (χ0n) is 11.6. The van der Waals surface area contributed by atoms with Gasteiger partial charge in [0.05, 0.1) is 17.7 Å². The quantitative estimate of drug-likeness (QED) is 0.806. The number of aryl methyl sites for hydroxylation is 1. The van der Waals surface area contributed by atoms with Crippen molar-refractivity contribution in [3.05, 3.63) is 41.0 Å². The molecule has 21 heavy (non-hydrogen) atoms. The fourth-order valence-electron chi connectivity index (χ4n) is 2.16. The van der Waals surface area contributed by atoms with E-state index in [1.807, 2.05) is 19.1 Å². The van der Waals surface area contributed by atoms with Crippen LogP contribution in [0.5, 0.6) is 5.75 Å². The van der Waals surface area contributed by atoms with Crippen molar-refractivity contribution in [2.45, 2.75) is 6.92 Å². The van der Waals surface area contributed by atoms with Crippen LogP contribution < -0.4 is 10.5 Å². The Morgan fingerprint density at radius 2 is 2.10 bits per heavy atom. The number of methoxy groups -OCH3 is 1. The van der Waals surface area contributed by atoms with Gasteiger partial charge in [0.2, 0.25) is 0 Å². The van der Waals surface area contributed by atoms with E-state index in [-0.39, 0.29) is 0 Å². The van der Waals surface area contributed by atoms with Gasteiger partial charge in [-0.15, -0.1) is 0 Å². The Kier molecular flexibility index (Phi) is 3.31. The van der Waals surface area contributed by atoms with Crippen molar-refractivity contribution in [2.75, 3.05) is 7.11 Å². The number of ether oxygens (including phenoxy) is 1. The van der Waals surface area contributed by atoms with Gasteiger partial charge in [0.15, 0.2) is 0 Å². The number of hydrogen-bond acceptors (Lipinski definition) is 5. The number of amides is 1. The van der Waals surface area contributed by atoms with Gasteiger partial charge in [0.1, 0.15) is 16.1 Å². The smallest absolute Gasteiger partial charge is 0.252 e. The van der Waals surface area contributed by atoms with Crippen LogP contribution in [0.4, 0.5) is 0 Å². The van der Waals surface area contributed by atoms with Crippen molar-refractivity contribution >= 4 is 27.6 Å². The molecule has 3 aromatic rings. The van der Waals surface area contributed by atoms with Crippen LogP contribution in [0.15, 0.2) is 30.5 Å². The van der Waals surface area contributed by atoms with Crippen LogP contribution in [-0.4, -0.2) is 23.0 Å². The number of fused-ring (bicyclic) bond motifs is 1. The molecule has 5 nitrogen and oxygen atoms in total. The summed E-state index contributed by atoms with van der Waals surface area (Å²) in [4.78, 5) is 21.1. The Balaban J connectivity index is 2.11. The fraction of sp³-hybridized carbons (Fsp3) is 0.133. The summed E-state index contributed by atoms with van der Waals surface area (Å²) in [5, 5.41) is 0.983. The molecule has 0 aliphatic rings. The van der Waals surface area contributed by atoms with Crippen molar-refractivity contribution in [3.63, 3.8) is 0 Å².